The molecule has 2 heterocycles. The van der Waals surface area contributed by atoms with Gasteiger partial charge in [0.1, 0.15) is 17.1 Å². The maximum absolute atomic E-state index is 13.0. The van der Waals surface area contributed by atoms with Gasteiger partial charge in [0.2, 0.25) is 0 Å². The molecule has 0 saturated heterocycles. The Labute approximate surface area is 204 Å². The highest BCUT2D eigenvalue weighted by Crippen LogP contribution is 2.28. The van der Waals surface area contributed by atoms with Gasteiger partial charge in [-0.1, -0.05) is 19.9 Å². The zero-order chi connectivity index (χ0) is 25.1. The van der Waals surface area contributed by atoms with Gasteiger partial charge in [0, 0.05) is 34.4 Å². The van der Waals surface area contributed by atoms with E-state index in [-0.39, 0.29) is 17.2 Å². The molecular weight excluding hydrogens is 454 g/mol. The highest BCUT2D eigenvalue weighted by molar-refractivity contribution is 7.12. The van der Waals surface area contributed by atoms with Gasteiger partial charge in [-0.25, -0.2) is 9.59 Å². The van der Waals surface area contributed by atoms with E-state index in [0.717, 1.165) is 19.3 Å². The summed E-state index contributed by atoms with van der Waals surface area (Å²) in [7, 11) is 1.26. The van der Waals surface area contributed by atoms with Crippen LogP contribution in [0.4, 0.5) is 4.79 Å². The van der Waals surface area contributed by atoms with Crippen LogP contribution in [0.25, 0.3) is 0 Å². The molecule has 34 heavy (non-hydrogen) atoms. The number of allylic oxidation sites excluding steroid dienone is 1. The standard InChI is InChI=1S/C26H33NO6S/c1-5-6-11-20-12-13-21(34-20)15-17(2)18(3)24(29)23-22(28)16-19(33-25(23)30)10-8-7-9-14-27-26(31)32-4/h5,12-14,16-18,28H,1,6-11,15H2,2-4H3. The van der Waals surface area contributed by atoms with Crippen molar-refractivity contribution in [2.24, 2.45) is 16.8 Å². The van der Waals surface area contributed by atoms with E-state index in [1.165, 1.54) is 29.1 Å². The molecule has 0 fully saturated rings. The minimum atomic E-state index is -0.811. The van der Waals surface area contributed by atoms with E-state index in [1.54, 1.807) is 18.3 Å². The summed E-state index contributed by atoms with van der Waals surface area (Å²) in [6, 6.07) is 5.53. The topological polar surface area (TPSA) is 106 Å². The number of Topliss-reactive ketones (excluding diaryl/α,β-unsaturated/α-hetero) is 1. The molecule has 0 aliphatic carbocycles. The number of aliphatic imine (C=N–C) groups is 1. The van der Waals surface area contributed by atoms with Gasteiger partial charge in [-0.2, -0.15) is 4.99 Å². The molecule has 0 aliphatic heterocycles. The number of carbonyl (C=O) groups is 2. The number of carbonyl (C=O) groups excluding carboxylic acids is 2. The van der Waals surface area contributed by atoms with Crippen molar-refractivity contribution in [3.8, 4) is 5.75 Å². The second-order valence-electron chi connectivity index (χ2n) is 8.32. The fourth-order valence-electron chi connectivity index (χ4n) is 3.50. The fraction of sp³-hybridized carbons (Fsp3) is 0.462. The van der Waals surface area contributed by atoms with Crippen molar-refractivity contribution in [3.05, 3.63) is 62.4 Å². The van der Waals surface area contributed by atoms with Gasteiger partial charge in [-0.05, 0) is 56.6 Å². The summed E-state index contributed by atoms with van der Waals surface area (Å²) in [6.45, 7) is 7.50. The molecule has 2 unspecified atom stereocenters. The lowest BCUT2D eigenvalue weighted by molar-refractivity contribution is 0.0885. The first kappa shape index (κ1) is 27.2. The summed E-state index contributed by atoms with van der Waals surface area (Å²) >= 11 is 1.73. The summed E-state index contributed by atoms with van der Waals surface area (Å²) < 4.78 is 9.72. The first-order chi connectivity index (χ1) is 16.3. The predicted molar refractivity (Wildman–Crippen MR) is 134 cm³/mol. The largest absolute Gasteiger partial charge is 0.507 e. The SMILES string of the molecule is C=CCCc1ccc(CC(C)C(C)C(=O)c2c(O)cc(CCCCC=NC(=O)OC)oc2=O)s1. The molecule has 0 spiro atoms. The number of nitrogens with zero attached hydrogens (tertiary/aromatic N) is 1. The van der Waals surface area contributed by atoms with Gasteiger partial charge in [0.25, 0.3) is 0 Å². The maximum Gasteiger partial charge on any atom is 0.432 e. The lowest BCUT2D eigenvalue weighted by Crippen LogP contribution is -2.25. The van der Waals surface area contributed by atoms with Crippen LogP contribution in [0.3, 0.4) is 0 Å². The summed E-state index contributed by atoms with van der Waals surface area (Å²) in [5, 5.41) is 10.4. The molecule has 1 amide bonds. The average Bonchev–Trinajstić information content (AvgIpc) is 3.25. The first-order valence-corrected chi connectivity index (χ1v) is 12.3. The molecule has 7 nitrogen and oxygen atoms in total. The maximum atomic E-state index is 13.0. The van der Waals surface area contributed by atoms with Gasteiger partial charge < -0.3 is 14.3 Å². The van der Waals surface area contributed by atoms with E-state index in [2.05, 4.69) is 28.4 Å². The summed E-state index contributed by atoms with van der Waals surface area (Å²) in [5.41, 5.74) is -1.10. The molecule has 0 radical (unpaired) electrons. The third-order valence-corrected chi connectivity index (χ3v) is 6.88. The van der Waals surface area contributed by atoms with E-state index in [4.69, 9.17) is 4.42 Å². The number of aromatic hydroxyl groups is 1. The summed E-state index contributed by atoms with van der Waals surface area (Å²) in [6.07, 6.45) is 7.68. The van der Waals surface area contributed by atoms with E-state index in [1.807, 2.05) is 13.0 Å². The molecule has 8 heteroatoms. The Balaban J connectivity index is 1.96. The van der Waals surface area contributed by atoms with Gasteiger partial charge in [0.15, 0.2) is 5.78 Å². The number of rotatable bonds is 13. The van der Waals surface area contributed by atoms with Crippen molar-refractivity contribution in [2.75, 3.05) is 7.11 Å². The van der Waals surface area contributed by atoms with Crippen molar-refractivity contribution in [1.82, 2.24) is 0 Å². The second kappa shape index (κ2) is 13.6. The summed E-state index contributed by atoms with van der Waals surface area (Å²) in [4.78, 5) is 42.5. The van der Waals surface area contributed by atoms with Gasteiger partial charge in [-0.3, -0.25) is 4.79 Å². The second-order valence-corrected chi connectivity index (χ2v) is 9.57. The van der Waals surface area contributed by atoms with E-state index in [9.17, 15) is 19.5 Å². The molecule has 2 atom stereocenters. The van der Waals surface area contributed by atoms with Crippen molar-refractivity contribution in [2.45, 2.75) is 58.8 Å². The molecule has 184 valence electrons. The quantitative estimate of drug-likeness (QED) is 0.166. The first-order valence-electron chi connectivity index (χ1n) is 11.5. The third-order valence-electron chi connectivity index (χ3n) is 5.71. The molecule has 1 N–H and O–H groups in total. The average molecular weight is 488 g/mol. The van der Waals surface area contributed by atoms with Crippen LogP contribution in [0.5, 0.6) is 5.75 Å². The number of aryl methyl sites for hydroxylation is 2. The van der Waals surface area contributed by atoms with Gasteiger partial charge in [0.05, 0.1) is 7.11 Å². The van der Waals surface area contributed by atoms with Crippen LogP contribution >= 0.6 is 11.3 Å². The van der Waals surface area contributed by atoms with Crippen LogP contribution in [0.1, 0.15) is 65.4 Å². The Kier molecular flexibility index (Phi) is 10.9. The van der Waals surface area contributed by atoms with Crippen LogP contribution in [-0.2, 0) is 24.0 Å². The van der Waals surface area contributed by atoms with Crippen LogP contribution in [0, 0.1) is 11.8 Å². The van der Waals surface area contributed by atoms with E-state index >= 15 is 0 Å². The normalized spacial score (nSPS) is 13.0. The zero-order valence-electron chi connectivity index (χ0n) is 20.0. The number of hydrogen-bond donors (Lipinski definition) is 1. The highest BCUT2D eigenvalue weighted by atomic mass is 32.1. The van der Waals surface area contributed by atoms with Crippen molar-refractivity contribution in [1.29, 1.82) is 0 Å². The number of methoxy groups -OCH3 is 1. The number of ketones is 1. The number of thiophene rings is 1. The molecule has 0 saturated carbocycles. The zero-order valence-corrected chi connectivity index (χ0v) is 20.9. The Hall–Kier alpha value is -3.00. The number of ether oxygens (including phenoxy) is 1. The van der Waals surface area contributed by atoms with Crippen LogP contribution in [0.2, 0.25) is 0 Å². The van der Waals surface area contributed by atoms with Crippen molar-refractivity contribution >= 4 is 29.4 Å². The monoisotopic (exact) mass is 487 g/mol. The molecule has 0 bridgehead atoms. The van der Waals surface area contributed by atoms with Gasteiger partial charge in [-0.15, -0.1) is 17.9 Å². The Bertz CT molecular complexity index is 1070. The Morgan fingerprint density at radius 2 is 1.94 bits per heavy atom. The molecule has 2 aromatic rings. The van der Waals surface area contributed by atoms with Crippen LogP contribution in [-0.4, -0.2) is 30.3 Å². The molecule has 0 aromatic carbocycles. The van der Waals surface area contributed by atoms with E-state index < -0.39 is 23.4 Å². The van der Waals surface area contributed by atoms with E-state index in [0.29, 0.717) is 31.4 Å². The third kappa shape index (κ3) is 8.09. The Morgan fingerprint density at radius 3 is 2.62 bits per heavy atom. The molecule has 2 aromatic heterocycles. The van der Waals surface area contributed by atoms with Crippen LogP contribution in [0.15, 0.2) is 45.1 Å². The Morgan fingerprint density at radius 1 is 1.21 bits per heavy atom. The summed E-state index contributed by atoms with van der Waals surface area (Å²) in [5.74, 6) is -0.899. The number of amides is 1. The van der Waals surface area contributed by atoms with Crippen molar-refractivity contribution in [3.63, 3.8) is 0 Å². The lowest BCUT2D eigenvalue weighted by Gasteiger charge is -2.18. The number of hydrogen-bond acceptors (Lipinski definition) is 7. The smallest absolute Gasteiger partial charge is 0.432 e. The molecule has 0 aliphatic rings. The minimum absolute atomic E-state index is 0.0106. The molecular formula is C26H33NO6S. The lowest BCUT2D eigenvalue weighted by atomic mass is 9.86. The fourth-order valence-corrected chi connectivity index (χ4v) is 4.67. The highest BCUT2D eigenvalue weighted by Gasteiger charge is 2.28. The van der Waals surface area contributed by atoms with Crippen LogP contribution < -0.4 is 5.63 Å². The minimum Gasteiger partial charge on any atom is -0.507 e. The predicted octanol–water partition coefficient (Wildman–Crippen LogP) is 5.77. The van der Waals surface area contributed by atoms with Gasteiger partial charge >= 0.3 is 11.7 Å². The molecule has 2 rings (SSSR count). The van der Waals surface area contributed by atoms with Crippen molar-refractivity contribution < 1.29 is 23.8 Å². The number of unbranched alkanes of at least 4 members (excludes halogenated alkanes) is 2.